The number of hydrogen-bond donors (Lipinski definition) is 0. The lowest BCUT2D eigenvalue weighted by Crippen LogP contribution is -2.52. The first-order chi connectivity index (χ1) is 8.66. The van der Waals surface area contributed by atoms with Gasteiger partial charge in [-0.15, -0.1) is 0 Å². The number of aromatic nitrogens is 2. The molecule has 0 spiro atoms. The Morgan fingerprint density at radius 2 is 2.28 bits per heavy atom. The maximum absolute atomic E-state index is 12.1. The van der Waals surface area contributed by atoms with Crippen LogP contribution in [-0.4, -0.2) is 58.4 Å². The first-order valence-electron chi connectivity index (χ1n) is 6.10. The van der Waals surface area contributed by atoms with Crippen molar-refractivity contribution in [1.29, 1.82) is 0 Å². The summed E-state index contributed by atoms with van der Waals surface area (Å²) in [7, 11) is 2.08. The molecular weight excluding hydrogens is 228 g/mol. The minimum absolute atomic E-state index is 0.0428. The highest BCUT2D eigenvalue weighted by Gasteiger charge is 2.23. The quantitative estimate of drug-likeness (QED) is 0.719. The Kier molecular flexibility index (Phi) is 4.04. The molecule has 0 N–H and O–H groups in total. The van der Waals surface area contributed by atoms with Crippen LogP contribution in [0.4, 0.5) is 0 Å². The Morgan fingerprint density at radius 3 is 2.94 bits per heavy atom. The van der Waals surface area contributed by atoms with Crippen LogP contribution in [0.15, 0.2) is 24.7 Å². The first kappa shape index (κ1) is 12.7. The zero-order valence-corrected chi connectivity index (χ0v) is 10.8. The molecule has 0 aliphatic carbocycles. The Morgan fingerprint density at radius 1 is 1.44 bits per heavy atom. The number of nitrogens with zero attached hydrogens (tertiary/aromatic N) is 4. The average molecular weight is 246 g/mol. The van der Waals surface area contributed by atoms with E-state index < -0.39 is 0 Å². The molecular formula is C13H18N4O. The van der Waals surface area contributed by atoms with Gasteiger partial charge < -0.3 is 9.80 Å². The molecule has 1 aromatic rings. The summed E-state index contributed by atoms with van der Waals surface area (Å²) in [5.74, 6) is 0.0428. The van der Waals surface area contributed by atoms with E-state index in [9.17, 15) is 4.79 Å². The standard InChI is InChI=1S/C13H18N4O/c1-11-10-16(2)7-8-17(11)13(18)4-3-12-9-14-5-6-15-12/h3-6,9,11H,7-8,10H2,1-2H3. The Labute approximate surface area is 107 Å². The van der Waals surface area contributed by atoms with Crippen molar-refractivity contribution in [2.24, 2.45) is 0 Å². The summed E-state index contributed by atoms with van der Waals surface area (Å²) in [5, 5.41) is 0. The van der Waals surface area contributed by atoms with E-state index in [0.717, 1.165) is 19.6 Å². The highest BCUT2D eigenvalue weighted by atomic mass is 16.2. The fourth-order valence-electron chi connectivity index (χ4n) is 2.12. The average Bonchev–Trinajstić information content (AvgIpc) is 2.37. The van der Waals surface area contributed by atoms with Crippen LogP contribution in [-0.2, 0) is 4.79 Å². The SMILES string of the molecule is CC1CN(C)CCN1C(=O)C=Cc1cnccn1. The molecule has 2 rings (SSSR count). The second-order valence-corrected chi connectivity index (χ2v) is 4.61. The lowest BCUT2D eigenvalue weighted by atomic mass is 10.2. The van der Waals surface area contributed by atoms with Gasteiger partial charge in [-0.3, -0.25) is 14.8 Å². The van der Waals surface area contributed by atoms with Crippen LogP contribution in [0, 0.1) is 0 Å². The Balaban J connectivity index is 1.98. The van der Waals surface area contributed by atoms with Gasteiger partial charge in [0.05, 0.1) is 11.9 Å². The third-order valence-electron chi connectivity index (χ3n) is 3.09. The third-order valence-corrected chi connectivity index (χ3v) is 3.09. The van der Waals surface area contributed by atoms with E-state index in [-0.39, 0.29) is 11.9 Å². The van der Waals surface area contributed by atoms with Crippen molar-refractivity contribution in [3.8, 4) is 0 Å². The minimum atomic E-state index is 0.0428. The summed E-state index contributed by atoms with van der Waals surface area (Å²) < 4.78 is 0. The van der Waals surface area contributed by atoms with Crippen LogP contribution in [0.2, 0.25) is 0 Å². The summed E-state index contributed by atoms with van der Waals surface area (Å²) >= 11 is 0. The van der Waals surface area contributed by atoms with Crippen LogP contribution < -0.4 is 0 Å². The molecule has 5 nitrogen and oxygen atoms in total. The highest BCUT2D eigenvalue weighted by Crippen LogP contribution is 2.09. The van der Waals surface area contributed by atoms with Gasteiger partial charge >= 0.3 is 0 Å². The highest BCUT2D eigenvalue weighted by molar-refractivity contribution is 5.91. The van der Waals surface area contributed by atoms with Gasteiger partial charge in [-0.2, -0.15) is 0 Å². The molecule has 1 saturated heterocycles. The Bertz CT molecular complexity index is 432. The molecule has 1 amide bonds. The van der Waals surface area contributed by atoms with E-state index in [4.69, 9.17) is 0 Å². The van der Waals surface area contributed by atoms with Gasteiger partial charge in [0.2, 0.25) is 5.91 Å². The van der Waals surface area contributed by atoms with Crippen molar-refractivity contribution < 1.29 is 4.79 Å². The van der Waals surface area contributed by atoms with Gasteiger partial charge in [-0.1, -0.05) is 0 Å². The molecule has 0 bridgehead atoms. The zero-order valence-electron chi connectivity index (χ0n) is 10.8. The number of carbonyl (C=O) groups excluding carboxylic acids is 1. The summed E-state index contributed by atoms with van der Waals surface area (Å²) in [6.07, 6.45) is 8.15. The molecule has 96 valence electrons. The maximum atomic E-state index is 12.1. The Hall–Kier alpha value is -1.75. The van der Waals surface area contributed by atoms with E-state index in [1.165, 1.54) is 0 Å². The summed E-state index contributed by atoms with van der Waals surface area (Å²) in [6, 6.07) is 0.253. The van der Waals surface area contributed by atoms with Crippen LogP contribution in [0.3, 0.4) is 0 Å². The summed E-state index contributed by atoms with van der Waals surface area (Å²) in [4.78, 5) is 24.2. The topological polar surface area (TPSA) is 49.3 Å². The normalized spacial score (nSPS) is 21.4. The van der Waals surface area contributed by atoms with Gasteiger partial charge in [0.1, 0.15) is 0 Å². The van der Waals surface area contributed by atoms with Gasteiger partial charge in [-0.05, 0) is 20.0 Å². The van der Waals surface area contributed by atoms with Crippen molar-refractivity contribution in [2.75, 3.05) is 26.7 Å². The van der Waals surface area contributed by atoms with Crippen molar-refractivity contribution in [1.82, 2.24) is 19.8 Å². The van der Waals surface area contributed by atoms with Crippen LogP contribution in [0.1, 0.15) is 12.6 Å². The van der Waals surface area contributed by atoms with E-state index in [1.807, 2.05) is 4.90 Å². The van der Waals surface area contributed by atoms with Gasteiger partial charge in [0.15, 0.2) is 0 Å². The fourth-order valence-corrected chi connectivity index (χ4v) is 2.12. The molecule has 1 fully saturated rings. The molecule has 5 heteroatoms. The largest absolute Gasteiger partial charge is 0.334 e. The van der Waals surface area contributed by atoms with Gasteiger partial charge in [-0.25, -0.2) is 0 Å². The molecule has 0 saturated carbocycles. The molecule has 1 atom stereocenters. The van der Waals surface area contributed by atoms with Gasteiger partial charge in [0, 0.05) is 44.1 Å². The number of rotatable bonds is 2. The molecule has 1 aliphatic rings. The van der Waals surface area contributed by atoms with E-state index >= 15 is 0 Å². The fraction of sp³-hybridized carbons (Fsp3) is 0.462. The van der Waals surface area contributed by atoms with E-state index in [2.05, 4.69) is 28.8 Å². The van der Waals surface area contributed by atoms with Crippen LogP contribution >= 0.6 is 0 Å². The third kappa shape index (κ3) is 3.13. The number of likely N-dealkylation sites (N-methyl/N-ethyl adjacent to an activating group) is 1. The summed E-state index contributed by atoms with van der Waals surface area (Å²) in [5.41, 5.74) is 0.702. The smallest absolute Gasteiger partial charge is 0.246 e. The molecule has 0 aromatic carbocycles. The molecule has 2 heterocycles. The lowest BCUT2D eigenvalue weighted by Gasteiger charge is -2.37. The molecule has 1 aliphatic heterocycles. The van der Waals surface area contributed by atoms with Crippen molar-refractivity contribution in [3.05, 3.63) is 30.4 Å². The second kappa shape index (κ2) is 5.73. The molecule has 0 radical (unpaired) electrons. The van der Waals surface area contributed by atoms with Crippen molar-refractivity contribution in [3.63, 3.8) is 0 Å². The lowest BCUT2D eigenvalue weighted by molar-refractivity contribution is -0.130. The first-order valence-corrected chi connectivity index (χ1v) is 6.10. The molecule has 1 aromatic heterocycles. The molecule has 1 unspecified atom stereocenters. The van der Waals surface area contributed by atoms with Crippen LogP contribution in [0.5, 0.6) is 0 Å². The van der Waals surface area contributed by atoms with Crippen molar-refractivity contribution in [2.45, 2.75) is 13.0 Å². The zero-order chi connectivity index (χ0) is 13.0. The number of piperazine rings is 1. The second-order valence-electron chi connectivity index (χ2n) is 4.61. The minimum Gasteiger partial charge on any atom is -0.334 e. The van der Waals surface area contributed by atoms with Crippen LogP contribution in [0.25, 0.3) is 6.08 Å². The number of hydrogen-bond acceptors (Lipinski definition) is 4. The molecule has 18 heavy (non-hydrogen) atoms. The van der Waals surface area contributed by atoms with Gasteiger partial charge in [0.25, 0.3) is 0 Å². The van der Waals surface area contributed by atoms with Crippen molar-refractivity contribution >= 4 is 12.0 Å². The maximum Gasteiger partial charge on any atom is 0.246 e. The van der Waals surface area contributed by atoms with E-state index in [0.29, 0.717) is 5.69 Å². The number of carbonyl (C=O) groups is 1. The summed E-state index contributed by atoms with van der Waals surface area (Å²) in [6.45, 7) is 4.70. The predicted octanol–water partition coefficient (Wildman–Crippen LogP) is 0.652. The number of amides is 1. The predicted molar refractivity (Wildman–Crippen MR) is 69.7 cm³/mol. The monoisotopic (exact) mass is 246 g/mol. The van der Waals surface area contributed by atoms with E-state index in [1.54, 1.807) is 30.7 Å².